The van der Waals surface area contributed by atoms with E-state index in [2.05, 4.69) is 0 Å². The number of carbonyl (C=O) groups excluding carboxylic acids is 1. The minimum absolute atomic E-state index is 0.0268. The number of rotatable bonds is 5. The van der Waals surface area contributed by atoms with Crippen LogP contribution >= 0.6 is 11.8 Å². The van der Waals surface area contributed by atoms with Crippen LogP contribution in [0.4, 0.5) is 28.0 Å². The van der Waals surface area contributed by atoms with Crippen LogP contribution in [0.25, 0.3) is 0 Å². The van der Waals surface area contributed by atoms with Crippen molar-refractivity contribution in [1.29, 1.82) is 0 Å². The van der Waals surface area contributed by atoms with Gasteiger partial charge < -0.3 is 0 Å². The van der Waals surface area contributed by atoms with E-state index in [4.69, 9.17) is 11.7 Å². The van der Waals surface area contributed by atoms with E-state index in [0.29, 0.717) is 9.90 Å². The Morgan fingerprint density at radius 2 is 1.81 bits per heavy atom. The molecule has 0 heterocycles. The van der Waals surface area contributed by atoms with Crippen molar-refractivity contribution in [3.63, 3.8) is 0 Å². The van der Waals surface area contributed by atoms with Gasteiger partial charge in [-0.2, -0.15) is 13.2 Å². The van der Waals surface area contributed by atoms with Gasteiger partial charge in [-0.05, 0) is 37.3 Å². The summed E-state index contributed by atoms with van der Waals surface area (Å²) in [6, 6.07) is 7.96. The lowest BCUT2D eigenvalue weighted by molar-refractivity contribution is -0.137. The summed E-state index contributed by atoms with van der Waals surface area (Å²) in [5.41, 5.74) is -0.623. The molecule has 0 aromatic heterocycles. The Kier molecular flexibility index (Phi) is 6.68. The Labute approximate surface area is 157 Å². The second kappa shape index (κ2) is 8.59. The quantitative estimate of drug-likeness (QED) is 0.259. The first-order valence-electron chi connectivity index (χ1n) is 7.83. The Morgan fingerprint density at radius 1 is 1.15 bits per heavy atom. The highest BCUT2D eigenvalue weighted by molar-refractivity contribution is 7.98. The summed E-state index contributed by atoms with van der Waals surface area (Å²) in [4.78, 5) is 12.4. The molecule has 5 nitrogen and oxygen atoms in total. The molecule has 2 aromatic rings. The van der Waals surface area contributed by atoms with Crippen molar-refractivity contribution >= 4 is 23.5 Å². The minimum Gasteiger partial charge on any atom is -0.261 e. The molecule has 27 heavy (non-hydrogen) atoms. The SMILES string of the molecule is CCN(N)C(=O)N(N)c1cccc(F)c1CSc1cccc(C(F)(F)F)c1. The van der Waals surface area contributed by atoms with Gasteiger partial charge in [-0.3, -0.25) is 5.01 Å². The topological polar surface area (TPSA) is 75.6 Å². The van der Waals surface area contributed by atoms with E-state index >= 15 is 0 Å². The average Bonchev–Trinajstić information content (AvgIpc) is 2.64. The summed E-state index contributed by atoms with van der Waals surface area (Å²) in [7, 11) is 0. The molecule has 0 aliphatic carbocycles. The molecule has 2 amide bonds. The largest absolute Gasteiger partial charge is 0.416 e. The van der Waals surface area contributed by atoms with Gasteiger partial charge >= 0.3 is 12.2 Å². The molecular formula is C17H18F4N4OS. The third kappa shape index (κ3) is 5.12. The number of hydrazine groups is 2. The number of benzene rings is 2. The smallest absolute Gasteiger partial charge is 0.261 e. The first-order chi connectivity index (χ1) is 12.6. The maximum atomic E-state index is 14.3. The molecule has 2 rings (SSSR count). The molecule has 2 aromatic carbocycles. The molecule has 0 aliphatic rings. The first kappa shape index (κ1) is 21.0. The predicted molar refractivity (Wildman–Crippen MR) is 96.0 cm³/mol. The third-order valence-electron chi connectivity index (χ3n) is 3.69. The van der Waals surface area contributed by atoms with Gasteiger partial charge in [0.05, 0.1) is 11.3 Å². The fraction of sp³-hybridized carbons (Fsp3) is 0.235. The lowest BCUT2D eigenvalue weighted by Crippen LogP contribution is -2.50. The van der Waals surface area contributed by atoms with Gasteiger partial charge in [0.2, 0.25) is 0 Å². The van der Waals surface area contributed by atoms with Crippen molar-refractivity contribution in [1.82, 2.24) is 5.01 Å². The highest BCUT2D eigenvalue weighted by Gasteiger charge is 2.30. The number of amides is 2. The zero-order valence-electron chi connectivity index (χ0n) is 14.3. The standard InChI is InChI=1S/C17H18F4N4OS/c1-2-24(22)16(26)25(23)15-8-4-7-14(18)13(15)10-27-12-6-3-5-11(9-12)17(19,20)21/h3-9H,2,10,22-23H2,1H3. The average molecular weight is 402 g/mol. The van der Waals surface area contributed by atoms with Crippen molar-refractivity contribution in [2.24, 2.45) is 11.7 Å². The van der Waals surface area contributed by atoms with E-state index < -0.39 is 23.6 Å². The zero-order chi connectivity index (χ0) is 20.2. The zero-order valence-corrected chi connectivity index (χ0v) is 15.1. The summed E-state index contributed by atoms with van der Waals surface area (Å²) in [6.45, 7) is 1.83. The summed E-state index contributed by atoms with van der Waals surface area (Å²) >= 11 is 0.997. The Hall–Kier alpha value is -2.30. The van der Waals surface area contributed by atoms with Gasteiger partial charge in [-0.25, -0.2) is 25.9 Å². The van der Waals surface area contributed by atoms with Gasteiger partial charge in [0.1, 0.15) is 5.82 Å². The molecular weight excluding hydrogens is 384 g/mol. The van der Waals surface area contributed by atoms with Crippen molar-refractivity contribution < 1.29 is 22.4 Å². The molecule has 10 heteroatoms. The van der Waals surface area contributed by atoms with Crippen LogP contribution in [0.2, 0.25) is 0 Å². The summed E-state index contributed by atoms with van der Waals surface area (Å²) in [6.07, 6.45) is -4.47. The van der Waals surface area contributed by atoms with E-state index in [-0.39, 0.29) is 23.5 Å². The summed E-state index contributed by atoms with van der Waals surface area (Å²) < 4.78 is 52.7. The number of anilines is 1. The van der Waals surface area contributed by atoms with Crippen molar-refractivity contribution in [3.8, 4) is 0 Å². The van der Waals surface area contributed by atoms with Gasteiger partial charge in [-0.15, -0.1) is 11.8 Å². The number of carbonyl (C=O) groups is 1. The van der Waals surface area contributed by atoms with Gasteiger partial charge in [0, 0.05) is 22.8 Å². The van der Waals surface area contributed by atoms with Crippen LogP contribution in [0, 0.1) is 5.82 Å². The lowest BCUT2D eigenvalue weighted by atomic mass is 10.2. The molecule has 0 spiro atoms. The molecule has 4 N–H and O–H groups in total. The van der Waals surface area contributed by atoms with Crippen molar-refractivity contribution in [2.45, 2.75) is 23.7 Å². The Bertz CT molecular complexity index is 816. The molecule has 0 bridgehead atoms. The predicted octanol–water partition coefficient (Wildman–Crippen LogP) is 4.13. The number of hydrogen-bond acceptors (Lipinski definition) is 4. The van der Waals surface area contributed by atoms with Gasteiger partial charge in [0.15, 0.2) is 0 Å². The Balaban J connectivity index is 2.26. The fourth-order valence-electron chi connectivity index (χ4n) is 2.21. The molecule has 0 fully saturated rings. The molecule has 0 atom stereocenters. The number of nitrogens with zero attached hydrogens (tertiary/aromatic N) is 2. The van der Waals surface area contributed by atoms with Gasteiger partial charge in [0.25, 0.3) is 0 Å². The molecule has 0 radical (unpaired) electrons. The molecule has 146 valence electrons. The van der Waals surface area contributed by atoms with Crippen LogP contribution in [0.1, 0.15) is 18.1 Å². The second-order valence-electron chi connectivity index (χ2n) is 5.49. The fourth-order valence-corrected chi connectivity index (χ4v) is 3.19. The minimum atomic E-state index is -4.47. The highest BCUT2D eigenvalue weighted by Crippen LogP contribution is 2.34. The van der Waals surface area contributed by atoms with Gasteiger partial charge in [-0.1, -0.05) is 12.1 Å². The number of thioether (sulfide) groups is 1. The first-order valence-corrected chi connectivity index (χ1v) is 8.82. The van der Waals surface area contributed by atoms with Crippen LogP contribution in [0.5, 0.6) is 0 Å². The number of halogens is 4. The maximum absolute atomic E-state index is 14.3. The van der Waals surface area contributed by atoms with Crippen molar-refractivity contribution in [3.05, 3.63) is 59.4 Å². The van der Waals surface area contributed by atoms with E-state index in [9.17, 15) is 22.4 Å². The summed E-state index contributed by atoms with van der Waals surface area (Å²) in [5, 5.41) is 1.57. The van der Waals surface area contributed by atoms with Crippen LogP contribution in [-0.2, 0) is 11.9 Å². The number of nitrogens with two attached hydrogens (primary N) is 2. The second-order valence-corrected chi connectivity index (χ2v) is 6.54. The monoisotopic (exact) mass is 402 g/mol. The summed E-state index contributed by atoms with van der Waals surface area (Å²) in [5.74, 6) is 10.6. The van der Waals surface area contributed by atoms with E-state index in [0.717, 1.165) is 28.9 Å². The normalized spacial score (nSPS) is 11.4. The van der Waals surface area contributed by atoms with Crippen LogP contribution < -0.4 is 16.7 Å². The number of urea groups is 1. The van der Waals surface area contributed by atoms with E-state index in [1.165, 1.54) is 30.3 Å². The number of hydrogen-bond donors (Lipinski definition) is 2. The lowest BCUT2D eigenvalue weighted by Gasteiger charge is -2.24. The van der Waals surface area contributed by atoms with E-state index in [1.54, 1.807) is 6.92 Å². The highest BCUT2D eigenvalue weighted by atomic mass is 32.2. The molecule has 0 saturated heterocycles. The molecule has 0 aliphatic heterocycles. The molecule has 0 saturated carbocycles. The maximum Gasteiger partial charge on any atom is 0.416 e. The van der Waals surface area contributed by atoms with Crippen molar-refractivity contribution in [2.75, 3.05) is 11.6 Å². The van der Waals surface area contributed by atoms with Crippen LogP contribution in [-0.4, -0.2) is 17.6 Å². The van der Waals surface area contributed by atoms with Crippen LogP contribution in [0.3, 0.4) is 0 Å². The third-order valence-corrected chi connectivity index (χ3v) is 4.71. The van der Waals surface area contributed by atoms with Crippen LogP contribution in [0.15, 0.2) is 47.4 Å². The number of alkyl halides is 3. The Morgan fingerprint density at radius 3 is 2.44 bits per heavy atom. The molecule has 0 unspecified atom stereocenters. The van der Waals surface area contributed by atoms with E-state index in [1.807, 2.05) is 0 Å².